The van der Waals surface area contributed by atoms with E-state index in [1.165, 1.54) is 4.90 Å². The summed E-state index contributed by atoms with van der Waals surface area (Å²) >= 11 is 0. The number of carbonyl (C=O) groups excluding carboxylic acids is 12. The average Bonchev–Trinajstić information content (AvgIpc) is 2.19. The Kier molecular flexibility index (Phi) is 27.5. The topological polar surface area (TPSA) is 394 Å². The molecule has 3 aromatic rings. The van der Waals surface area contributed by atoms with Crippen LogP contribution in [0.3, 0.4) is 0 Å². The molecule has 5 rings (SSSR count). The molecule has 0 aromatic heterocycles. The van der Waals surface area contributed by atoms with Gasteiger partial charge >= 0.3 is 0 Å². The highest BCUT2D eigenvalue weighted by Gasteiger charge is 2.42. The van der Waals surface area contributed by atoms with Gasteiger partial charge in [0.25, 0.3) is 0 Å². The zero-order valence-corrected chi connectivity index (χ0v) is 51.1. The first-order chi connectivity index (χ1) is 41.8. The molecule has 3 aromatic carbocycles. The molecule has 25 nitrogen and oxygen atoms in total. The Balaban J connectivity index is 1.64. The average molecular weight is 1220 g/mol. The molecular formula is C63H89N13O12. The van der Waals surface area contributed by atoms with Gasteiger partial charge < -0.3 is 70.0 Å². The van der Waals surface area contributed by atoms with Crippen molar-refractivity contribution in [3.63, 3.8) is 0 Å². The van der Waals surface area contributed by atoms with Crippen molar-refractivity contribution in [2.75, 3.05) is 13.1 Å². The summed E-state index contributed by atoms with van der Waals surface area (Å²) in [6.07, 6.45) is -1.15. The van der Waals surface area contributed by atoms with Gasteiger partial charge in [0.05, 0.1) is 6.42 Å². The van der Waals surface area contributed by atoms with E-state index in [0.717, 1.165) is 0 Å². The third kappa shape index (κ3) is 22.2. The van der Waals surface area contributed by atoms with Crippen LogP contribution in [0.4, 0.5) is 0 Å². The van der Waals surface area contributed by atoms with Gasteiger partial charge in [0, 0.05) is 32.2 Å². The van der Waals surface area contributed by atoms with Gasteiger partial charge in [-0.25, -0.2) is 0 Å². The first-order valence-electron chi connectivity index (χ1n) is 30.3. The molecule has 2 aliphatic heterocycles. The van der Waals surface area contributed by atoms with Crippen LogP contribution in [0.15, 0.2) is 91.0 Å². The van der Waals surface area contributed by atoms with Crippen molar-refractivity contribution >= 4 is 70.9 Å². The second-order valence-electron chi connectivity index (χ2n) is 23.8. The number of rotatable bonds is 19. The van der Waals surface area contributed by atoms with E-state index >= 15 is 4.79 Å². The highest BCUT2D eigenvalue weighted by molar-refractivity contribution is 6.00. The summed E-state index contributed by atoms with van der Waals surface area (Å²) in [6, 6.07) is 11.8. The second-order valence-corrected chi connectivity index (χ2v) is 23.8. The van der Waals surface area contributed by atoms with Crippen molar-refractivity contribution in [2.24, 2.45) is 35.0 Å². The number of carbonyl (C=O) groups is 12. The lowest BCUT2D eigenvalue weighted by atomic mass is 9.98. The van der Waals surface area contributed by atoms with E-state index in [4.69, 9.17) is 17.2 Å². The summed E-state index contributed by atoms with van der Waals surface area (Å²) in [5.41, 5.74) is 18.9. The first-order valence-corrected chi connectivity index (χ1v) is 30.3. The summed E-state index contributed by atoms with van der Waals surface area (Å²) in [7, 11) is 0. The number of hydrogen-bond donors (Lipinski definition) is 12. The molecule has 10 atom stereocenters. The summed E-state index contributed by atoms with van der Waals surface area (Å²) in [5.74, 6) is -11.4. The van der Waals surface area contributed by atoms with Gasteiger partial charge in [0.2, 0.25) is 70.9 Å². The normalized spacial score (nSPS) is 24.6. The second kappa shape index (κ2) is 34.6. The van der Waals surface area contributed by atoms with Crippen molar-refractivity contribution < 1.29 is 57.5 Å². The number of nitrogens with zero attached hydrogens (tertiary/aromatic N) is 1. The van der Waals surface area contributed by atoms with Crippen LogP contribution in [0.2, 0.25) is 0 Å². The summed E-state index contributed by atoms with van der Waals surface area (Å²) in [5, 5.41) is 24.4. The molecule has 0 bridgehead atoms. The minimum atomic E-state index is -1.80. The molecule has 12 amide bonds. The minimum absolute atomic E-state index is 0.000579. The molecule has 0 aliphatic carbocycles. The van der Waals surface area contributed by atoms with Gasteiger partial charge in [-0.2, -0.15) is 0 Å². The predicted molar refractivity (Wildman–Crippen MR) is 327 cm³/mol. The molecule has 2 saturated heterocycles. The maximum Gasteiger partial charge on any atom is 0.246 e. The Labute approximate surface area is 514 Å². The van der Waals surface area contributed by atoms with E-state index in [1.807, 2.05) is 27.7 Å². The third-order valence-corrected chi connectivity index (χ3v) is 15.2. The van der Waals surface area contributed by atoms with Crippen LogP contribution in [-0.2, 0) is 76.8 Å². The summed E-state index contributed by atoms with van der Waals surface area (Å²) < 4.78 is 0. The third-order valence-electron chi connectivity index (χ3n) is 15.2. The molecule has 2 heterocycles. The highest BCUT2D eigenvalue weighted by Crippen LogP contribution is 2.22. The molecule has 15 N–H and O–H groups in total. The fraction of sp³-hybridized carbons (Fsp3) is 0.524. The largest absolute Gasteiger partial charge is 0.370 e. The molecule has 478 valence electrons. The van der Waals surface area contributed by atoms with Gasteiger partial charge in [-0.3, -0.25) is 57.5 Å². The fourth-order valence-electron chi connectivity index (χ4n) is 10.6. The van der Waals surface area contributed by atoms with Crippen LogP contribution in [0, 0.1) is 17.8 Å². The first kappa shape index (κ1) is 70.0. The lowest BCUT2D eigenvalue weighted by Gasteiger charge is -2.32. The number of hydrogen-bond acceptors (Lipinski definition) is 13. The van der Waals surface area contributed by atoms with E-state index < -0.39 is 156 Å². The fourth-order valence-corrected chi connectivity index (χ4v) is 10.6. The Morgan fingerprint density at radius 1 is 0.455 bits per heavy atom. The molecule has 25 heteroatoms. The Morgan fingerprint density at radius 2 is 0.830 bits per heavy atom. The van der Waals surface area contributed by atoms with E-state index in [0.29, 0.717) is 23.1 Å². The standard InChI is InChI=1S/C63H89N13O12/c1-36(2)30-44-57(82)74-49(34-41-22-14-9-15-23-41)63(88)76-29-17-25-50(76)61(86)73-45(31-37(3)4)56(81)71-46(32-39-18-10-7-11-19-39)58(83)72-48(35-52(66)78)59(84)67-43(26-27-51(65)77)55(80)70-47(33-40-20-12-8-13-21-40)60(85)75-53(38(5)6)62(87)68-42(24-16-28-64)54(79)69-44/h7-15,18-23,36-38,42-50,53H,16-17,24-35,64H2,1-6H3,(H2,65,77)(H2,66,78)(H,67,84)(H,68,87)(H,69,79)(H,70,80)(H,71,81)(H,72,83)(H,73,86)(H,74,82)(H,75,85). The molecule has 2 aliphatic rings. The molecule has 0 radical (unpaired) electrons. The van der Waals surface area contributed by atoms with Crippen molar-refractivity contribution in [3.8, 4) is 0 Å². The highest BCUT2D eigenvalue weighted by atomic mass is 16.2. The van der Waals surface area contributed by atoms with Crippen LogP contribution in [0.5, 0.6) is 0 Å². The van der Waals surface area contributed by atoms with Crippen LogP contribution in [-0.4, -0.2) is 149 Å². The summed E-state index contributed by atoms with van der Waals surface area (Å²) in [6.45, 7) is 10.8. The van der Waals surface area contributed by atoms with E-state index in [9.17, 15) is 52.7 Å². The Hall–Kier alpha value is -8.74. The lowest BCUT2D eigenvalue weighted by Crippen LogP contribution is -2.62. The summed E-state index contributed by atoms with van der Waals surface area (Å²) in [4.78, 5) is 173. The van der Waals surface area contributed by atoms with Crippen molar-refractivity contribution in [1.82, 2.24) is 52.8 Å². The van der Waals surface area contributed by atoms with E-state index in [1.54, 1.807) is 105 Å². The Bertz CT molecular complexity index is 2900. The van der Waals surface area contributed by atoms with Crippen molar-refractivity contribution in [3.05, 3.63) is 108 Å². The number of fused-ring (bicyclic) bond motifs is 1. The van der Waals surface area contributed by atoms with Crippen molar-refractivity contribution in [1.29, 1.82) is 0 Å². The van der Waals surface area contributed by atoms with E-state index in [-0.39, 0.29) is 76.3 Å². The quantitative estimate of drug-likeness (QED) is 0.0735. The number of benzene rings is 3. The SMILES string of the molecule is CC(C)CC1NC(=O)C(CCCN)NC(=O)C(C(C)C)NC(=O)C(Cc2ccccc2)NC(=O)C(CCC(N)=O)NC(=O)C(CC(N)=O)NC(=O)C(Cc2ccccc2)NC(=O)C(CC(C)C)NC(=O)C2CCCN2C(=O)C(Cc2ccccc2)NC1=O. The zero-order valence-electron chi connectivity index (χ0n) is 51.1. The van der Waals surface area contributed by atoms with Crippen LogP contribution in [0.1, 0.15) is 116 Å². The Morgan fingerprint density at radius 3 is 1.28 bits per heavy atom. The maximum atomic E-state index is 15.0. The molecule has 0 saturated carbocycles. The number of primary amides is 2. The maximum absolute atomic E-state index is 15.0. The molecule has 2 fully saturated rings. The van der Waals surface area contributed by atoms with Gasteiger partial charge in [0.15, 0.2) is 0 Å². The lowest BCUT2D eigenvalue weighted by molar-refractivity contribution is -0.142. The van der Waals surface area contributed by atoms with Gasteiger partial charge in [-0.05, 0) is 85.9 Å². The van der Waals surface area contributed by atoms with E-state index in [2.05, 4.69) is 47.9 Å². The minimum Gasteiger partial charge on any atom is -0.370 e. The van der Waals surface area contributed by atoms with Gasteiger partial charge in [0.1, 0.15) is 60.4 Å². The molecule has 10 unspecified atom stereocenters. The molecular weight excluding hydrogens is 1130 g/mol. The van der Waals surface area contributed by atoms with Crippen LogP contribution < -0.4 is 65.1 Å². The van der Waals surface area contributed by atoms with Gasteiger partial charge in [-0.1, -0.05) is 133 Å². The number of nitrogens with one attached hydrogen (secondary N) is 9. The smallest absolute Gasteiger partial charge is 0.246 e. The number of nitrogens with two attached hydrogens (primary N) is 3. The van der Waals surface area contributed by atoms with Crippen LogP contribution >= 0.6 is 0 Å². The monoisotopic (exact) mass is 1220 g/mol. The van der Waals surface area contributed by atoms with Gasteiger partial charge in [-0.15, -0.1) is 0 Å². The van der Waals surface area contributed by atoms with Crippen molar-refractivity contribution in [2.45, 2.75) is 179 Å². The zero-order chi connectivity index (χ0) is 64.6. The molecule has 88 heavy (non-hydrogen) atoms. The predicted octanol–water partition coefficient (Wildman–Crippen LogP) is -0.290. The molecule has 0 spiro atoms. The number of amides is 12. The van der Waals surface area contributed by atoms with Crippen LogP contribution in [0.25, 0.3) is 0 Å².